The number of nitrogens with one attached hydrogen (secondary N) is 1. The number of nitrogens with zero attached hydrogens (tertiary/aromatic N) is 2. The summed E-state index contributed by atoms with van der Waals surface area (Å²) in [5, 5.41) is 4.15. The molecule has 0 fully saturated rings. The van der Waals surface area contributed by atoms with Gasteiger partial charge in [0.25, 0.3) is 5.91 Å². The SMILES string of the molecule is Cc1ccc(N2C(=O)c3cccnc3[C@@H]2Nc2ccc(Cl)cc2C)cc1. The number of hydrogen-bond acceptors (Lipinski definition) is 3. The number of halogens is 1. The average molecular weight is 364 g/mol. The Morgan fingerprint density at radius 1 is 1.08 bits per heavy atom. The second-order valence-corrected chi connectivity index (χ2v) is 6.89. The Morgan fingerprint density at radius 2 is 1.85 bits per heavy atom. The van der Waals surface area contributed by atoms with Crippen LogP contribution in [0, 0.1) is 13.8 Å². The molecule has 0 spiro atoms. The van der Waals surface area contributed by atoms with Crippen LogP contribution in [0.3, 0.4) is 0 Å². The number of pyridine rings is 1. The number of benzene rings is 2. The summed E-state index contributed by atoms with van der Waals surface area (Å²) in [6.07, 6.45) is 1.34. The Hall–Kier alpha value is -2.85. The third kappa shape index (κ3) is 2.82. The van der Waals surface area contributed by atoms with Crippen molar-refractivity contribution >= 4 is 28.9 Å². The summed E-state index contributed by atoms with van der Waals surface area (Å²) in [6.45, 7) is 4.01. The zero-order valence-electron chi connectivity index (χ0n) is 14.5. The fraction of sp³-hybridized carbons (Fsp3) is 0.143. The number of aryl methyl sites for hydroxylation is 2. The fourth-order valence-corrected chi connectivity index (χ4v) is 3.45. The summed E-state index contributed by atoms with van der Waals surface area (Å²) in [6, 6.07) is 17.2. The van der Waals surface area contributed by atoms with E-state index in [1.807, 2.05) is 62.4 Å². The lowest BCUT2D eigenvalue weighted by molar-refractivity contribution is 0.0993. The van der Waals surface area contributed by atoms with Crippen LogP contribution in [0.2, 0.25) is 5.02 Å². The van der Waals surface area contributed by atoms with Crippen molar-refractivity contribution in [2.75, 3.05) is 10.2 Å². The van der Waals surface area contributed by atoms with Crippen molar-refractivity contribution in [3.05, 3.63) is 88.2 Å². The standard InChI is InChI=1S/C21H18ClN3O/c1-13-5-8-16(9-6-13)25-20(19-17(21(25)26)4-3-11-23-19)24-18-10-7-15(22)12-14(18)2/h3-12,20,24H,1-2H3/t20-/m1/s1. The highest BCUT2D eigenvalue weighted by Crippen LogP contribution is 2.37. The van der Waals surface area contributed by atoms with Crippen molar-refractivity contribution < 1.29 is 4.79 Å². The predicted molar refractivity (Wildman–Crippen MR) is 105 cm³/mol. The number of carbonyl (C=O) groups is 1. The van der Waals surface area contributed by atoms with Crippen LogP contribution < -0.4 is 10.2 Å². The molecule has 1 N–H and O–H groups in total. The van der Waals surface area contributed by atoms with Gasteiger partial charge >= 0.3 is 0 Å². The normalized spacial score (nSPS) is 15.9. The van der Waals surface area contributed by atoms with E-state index in [2.05, 4.69) is 10.3 Å². The van der Waals surface area contributed by atoms with Gasteiger partial charge in [-0.15, -0.1) is 0 Å². The molecule has 3 aromatic rings. The van der Waals surface area contributed by atoms with Gasteiger partial charge in [-0.3, -0.25) is 14.7 Å². The molecule has 130 valence electrons. The van der Waals surface area contributed by atoms with Crippen molar-refractivity contribution in [3.63, 3.8) is 0 Å². The molecule has 1 aromatic heterocycles. The molecule has 1 aliphatic rings. The van der Waals surface area contributed by atoms with E-state index >= 15 is 0 Å². The topological polar surface area (TPSA) is 45.2 Å². The first kappa shape index (κ1) is 16.6. The maximum Gasteiger partial charge on any atom is 0.262 e. The number of amides is 1. The minimum atomic E-state index is -0.374. The molecule has 5 heteroatoms. The van der Waals surface area contributed by atoms with E-state index in [0.29, 0.717) is 10.6 Å². The Morgan fingerprint density at radius 3 is 2.58 bits per heavy atom. The molecule has 1 atom stereocenters. The third-order valence-corrected chi connectivity index (χ3v) is 4.83. The second-order valence-electron chi connectivity index (χ2n) is 6.45. The van der Waals surface area contributed by atoms with Crippen LogP contribution >= 0.6 is 11.6 Å². The molecule has 4 nitrogen and oxygen atoms in total. The number of hydrogen-bond donors (Lipinski definition) is 1. The summed E-state index contributed by atoms with van der Waals surface area (Å²) >= 11 is 6.07. The van der Waals surface area contributed by atoms with E-state index in [4.69, 9.17) is 11.6 Å². The van der Waals surface area contributed by atoms with Gasteiger partial charge in [-0.05, 0) is 61.9 Å². The summed E-state index contributed by atoms with van der Waals surface area (Å²) in [5.41, 5.74) is 5.27. The Balaban J connectivity index is 1.79. The molecule has 0 saturated heterocycles. The predicted octanol–water partition coefficient (Wildman–Crippen LogP) is 5.12. The highest BCUT2D eigenvalue weighted by molar-refractivity contribution is 6.30. The van der Waals surface area contributed by atoms with Crippen molar-refractivity contribution in [2.24, 2.45) is 0 Å². The van der Waals surface area contributed by atoms with Crippen LogP contribution in [-0.2, 0) is 0 Å². The van der Waals surface area contributed by atoms with E-state index in [0.717, 1.165) is 28.2 Å². The highest BCUT2D eigenvalue weighted by atomic mass is 35.5. The van der Waals surface area contributed by atoms with Gasteiger partial charge in [0.2, 0.25) is 0 Å². The van der Waals surface area contributed by atoms with E-state index in [1.165, 1.54) is 0 Å². The van der Waals surface area contributed by atoms with Crippen LogP contribution in [0.25, 0.3) is 0 Å². The van der Waals surface area contributed by atoms with Crippen LogP contribution in [-0.4, -0.2) is 10.9 Å². The molecule has 0 bridgehead atoms. The summed E-state index contributed by atoms with van der Waals surface area (Å²) in [7, 11) is 0. The molecule has 0 unspecified atom stereocenters. The summed E-state index contributed by atoms with van der Waals surface area (Å²) < 4.78 is 0. The summed E-state index contributed by atoms with van der Waals surface area (Å²) in [4.78, 5) is 19.3. The lowest BCUT2D eigenvalue weighted by Gasteiger charge is -2.27. The van der Waals surface area contributed by atoms with E-state index in [1.54, 1.807) is 17.2 Å². The lowest BCUT2D eigenvalue weighted by atomic mass is 10.1. The quantitative estimate of drug-likeness (QED) is 0.702. The molecule has 2 aromatic carbocycles. The van der Waals surface area contributed by atoms with Crippen LogP contribution in [0.15, 0.2) is 60.8 Å². The average Bonchev–Trinajstić information content (AvgIpc) is 2.91. The molecule has 1 amide bonds. The minimum absolute atomic E-state index is 0.0546. The minimum Gasteiger partial charge on any atom is -0.360 e. The van der Waals surface area contributed by atoms with Gasteiger partial charge in [0.1, 0.15) is 0 Å². The van der Waals surface area contributed by atoms with Crippen molar-refractivity contribution in [1.29, 1.82) is 0 Å². The van der Waals surface area contributed by atoms with E-state index < -0.39 is 0 Å². The number of fused-ring (bicyclic) bond motifs is 1. The third-order valence-electron chi connectivity index (χ3n) is 4.60. The van der Waals surface area contributed by atoms with Gasteiger partial charge in [-0.2, -0.15) is 0 Å². The number of aromatic nitrogens is 1. The van der Waals surface area contributed by atoms with Gasteiger partial charge in [0.05, 0.1) is 11.3 Å². The van der Waals surface area contributed by atoms with Gasteiger partial charge in [0.15, 0.2) is 6.17 Å². The Kier molecular flexibility index (Phi) is 4.13. The maximum absolute atomic E-state index is 13.0. The molecule has 0 radical (unpaired) electrons. The smallest absolute Gasteiger partial charge is 0.262 e. The number of carbonyl (C=O) groups excluding carboxylic acids is 1. The fourth-order valence-electron chi connectivity index (χ4n) is 3.23. The molecular weight excluding hydrogens is 346 g/mol. The molecule has 1 aliphatic heterocycles. The first-order valence-corrected chi connectivity index (χ1v) is 8.80. The first-order valence-electron chi connectivity index (χ1n) is 8.42. The first-order chi connectivity index (χ1) is 12.5. The van der Waals surface area contributed by atoms with Gasteiger partial charge in [-0.25, -0.2) is 0 Å². The molecular formula is C21H18ClN3O. The van der Waals surface area contributed by atoms with E-state index in [-0.39, 0.29) is 12.1 Å². The molecule has 26 heavy (non-hydrogen) atoms. The Bertz CT molecular complexity index is 985. The molecule has 0 aliphatic carbocycles. The maximum atomic E-state index is 13.0. The number of anilines is 2. The summed E-state index contributed by atoms with van der Waals surface area (Å²) in [5.74, 6) is -0.0546. The number of rotatable bonds is 3. The van der Waals surface area contributed by atoms with Crippen molar-refractivity contribution in [1.82, 2.24) is 4.98 Å². The zero-order chi connectivity index (χ0) is 18.3. The van der Waals surface area contributed by atoms with E-state index in [9.17, 15) is 4.79 Å². The van der Waals surface area contributed by atoms with Gasteiger partial charge < -0.3 is 5.32 Å². The monoisotopic (exact) mass is 363 g/mol. The zero-order valence-corrected chi connectivity index (χ0v) is 15.3. The Labute approximate surface area is 157 Å². The molecule has 2 heterocycles. The lowest BCUT2D eigenvalue weighted by Crippen LogP contribution is -2.32. The van der Waals surface area contributed by atoms with Crippen LogP contribution in [0.1, 0.15) is 33.3 Å². The molecule has 4 rings (SSSR count). The van der Waals surface area contributed by atoms with Crippen molar-refractivity contribution in [2.45, 2.75) is 20.0 Å². The van der Waals surface area contributed by atoms with Gasteiger partial charge in [-0.1, -0.05) is 29.3 Å². The molecule has 0 saturated carbocycles. The largest absolute Gasteiger partial charge is 0.360 e. The van der Waals surface area contributed by atoms with Crippen LogP contribution in [0.4, 0.5) is 11.4 Å². The second kappa shape index (κ2) is 6.46. The van der Waals surface area contributed by atoms with Crippen molar-refractivity contribution in [3.8, 4) is 0 Å². The van der Waals surface area contributed by atoms with Gasteiger partial charge in [0, 0.05) is 22.6 Å². The van der Waals surface area contributed by atoms with Crippen LogP contribution in [0.5, 0.6) is 0 Å². The highest BCUT2D eigenvalue weighted by Gasteiger charge is 2.39.